The first kappa shape index (κ1) is 16.8. The monoisotopic (exact) mass is 364 g/mol. The fourth-order valence-electron chi connectivity index (χ4n) is 4.23. The van der Waals surface area contributed by atoms with Gasteiger partial charge in [-0.3, -0.25) is 4.57 Å². The van der Waals surface area contributed by atoms with Gasteiger partial charge in [-0.15, -0.1) is 0 Å². The Morgan fingerprint density at radius 1 is 1.12 bits per heavy atom. The van der Waals surface area contributed by atoms with Crippen LogP contribution in [0.4, 0.5) is 13.2 Å². The second-order valence-corrected chi connectivity index (χ2v) is 7.14. The molecule has 2 aromatic rings. The molecule has 2 atom stereocenters. The first-order valence-corrected chi connectivity index (χ1v) is 8.01. The molecule has 2 N–H and O–H groups in total. The molecule has 1 saturated heterocycles. The van der Waals surface area contributed by atoms with Crippen LogP contribution in [0.3, 0.4) is 0 Å². The highest BCUT2D eigenvalue weighted by molar-refractivity contribution is 5.61. The molecule has 0 radical (unpaired) electrons. The lowest BCUT2D eigenvalue weighted by atomic mass is 9.80. The minimum Gasteiger partial charge on any atom is -0.494 e. The standard InChI is InChI=1S/C18H15F3N2O3/c1-16-5-6-17(2,26-16)13-12(16)14(24)23(15(13)25)10-4-3-9(8-22)11(7-10)18(19,20)21/h3-4,7,24-25H,5-6H2,1-2H3/t16-,17+. The van der Waals surface area contributed by atoms with Gasteiger partial charge in [0.25, 0.3) is 0 Å². The van der Waals surface area contributed by atoms with E-state index in [2.05, 4.69) is 0 Å². The number of aromatic nitrogens is 1. The van der Waals surface area contributed by atoms with Gasteiger partial charge in [-0.2, -0.15) is 18.4 Å². The Kier molecular flexibility index (Phi) is 3.06. The number of benzene rings is 1. The molecule has 8 heteroatoms. The largest absolute Gasteiger partial charge is 0.494 e. The summed E-state index contributed by atoms with van der Waals surface area (Å²) in [5, 5.41) is 30.3. The molecule has 0 aliphatic carbocycles. The Balaban J connectivity index is 1.97. The van der Waals surface area contributed by atoms with Gasteiger partial charge in [0.05, 0.1) is 45.2 Å². The van der Waals surface area contributed by atoms with Crippen LogP contribution in [-0.4, -0.2) is 14.8 Å². The molecule has 3 heterocycles. The second kappa shape index (κ2) is 4.74. The van der Waals surface area contributed by atoms with Crippen molar-refractivity contribution in [3.8, 4) is 23.5 Å². The maximum absolute atomic E-state index is 13.2. The van der Waals surface area contributed by atoms with Crippen LogP contribution in [0.25, 0.3) is 5.69 Å². The zero-order valence-electron chi connectivity index (χ0n) is 14.0. The first-order chi connectivity index (χ1) is 12.0. The number of ether oxygens (including phenoxy) is 1. The minimum atomic E-state index is -4.73. The van der Waals surface area contributed by atoms with Gasteiger partial charge in [0.1, 0.15) is 0 Å². The number of hydrogen-bond acceptors (Lipinski definition) is 4. The maximum atomic E-state index is 13.2. The Morgan fingerprint density at radius 2 is 1.65 bits per heavy atom. The predicted octanol–water partition coefficient (Wildman–Crippen LogP) is 4.03. The summed E-state index contributed by atoms with van der Waals surface area (Å²) in [5.74, 6) is -0.692. The first-order valence-electron chi connectivity index (χ1n) is 8.01. The lowest BCUT2D eigenvalue weighted by molar-refractivity contribution is -0.137. The van der Waals surface area contributed by atoms with Crippen molar-refractivity contribution < 1.29 is 28.1 Å². The molecule has 5 nitrogen and oxygen atoms in total. The third-order valence-electron chi connectivity index (χ3n) is 5.40. The van der Waals surface area contributed by atoms with Crippen molar-refractivity contribution in [2.24, 2.45) is 0 Å². The highest BCUT2D eigenvalue weighted by Gasteiger charge is 2.59. The summed E-state index contributed by atoms with van der Waals surface area (Å²) in [6.07, 6.45) is -3.47. The molecule has 0 unspecified atom stereocenters. The van der Waals surface area contributed by atoms with Crippen molar-refractivity contribution in [1.82, 2.24) is 4.57 Å². The van der Waals surface area contributed by atoms with Crippen LogP contribution >= 0.6 is 0 Å². The number of rotatable bonds is 1. The number of aromatic hydroxyl groups is 2. The van der Waals surface area contributed by atoms with E-state index >= 15 is 0 Å². The van der Waals surface area contributed by atoms with Crippen molar-refractivity contribution in [2.75, 3.05) is 0 Å². The number of fused-ring (bicyclic) bond motifs is 5. The lowest BCUT2D eigenvalue weighted by Crippen LogP contribution is -2.17. The van der Waals surface area contributed by atoms with Crippen LogP contribution in [0.5, 0.6) is 11.8 Å². The molecule has 1 aromatic heterocycles. The molecule has 0 spiro atoms. The average molecular weight is 364 g/mol. The number of nitrogens with zero attached hydrogens (tertiary/aromatic N) is 2. The third kappa shape index (κ3) is 1.95. The van der Waals surface area contributed by atoms with E-state index in [0.29, 0.717) is 24.0 Å². The molecule has 26 heavy (non-hydrogen) atoms. The Bertz CT molecular complexity index is 950. The van der Waals surface area contributed by atoms with Gasteiger partial charge in [0, 0.05) is 0 Å². The van der Waals surface area contributed by atoms with Crippen molar-refractivity contribution >= 4 is 0 Å². The van der Waals surface area contributed by atoms with Crippen LogP contribution in [0, 0.1) is 11.3 Å². The summed E-state index contributed by atoms with van der Waals surface area (Å²) in [4.78, 5) is 0. The summed E-state index contributed by atoms with van der Waals surface area (Å²) >= 11 is 0. The molecule has 136 valence electrons. The SMILES string of the molecule is C[C@]12CC[C@](C)(O1)c1c2c(O)n(-c2ccc(C#N)c(C(F)(F)F)c2)c1O. The highest BCUT2D eigenvalue weighted by Crippen LogP contribution is 2.64. The molecule has 1 aromatic carbocycles. The molecule has 1 fully saturated rings. The smallest absolute Gasteiger partial charge is 0.417 e. The van der Waals surface area contributed by atoms with Gasteiger partial charge in [-0.05, 0) is 44.9 Å². The van der Waals surface area contributed by atoms with Crippen LogP contribution in [0.2, 0.25) is 0 Å². The van der Waals surface area contributed by atoms with Crippen LogP contribution in [0.15, 0.2) is 18.2 Å². The summed E-state index contributed by atoms with van der Waals surface area (Å²) in [7, 11) is 0. The molecular formula is C18H15F3N2O3. The summed E-state index contributed by atoms with van der Waals surface area (Å²) in [6.45, 7) is 3.57. The fraction of sp³-hybridized carbons (Fsp3) is 0.389. The van der Waals surface area contributed by atoms with Gasteiger partial charge in [-0.25, -0.2) is 0 Å². The van der Waals surface area contributed by atoms with Crippen molar-refractivity contribution in [3.63, 3.8) is 0 Å². The van der Waals surface area contributed by atoms with Crippen LogP contribution < -0.4 is 0 Å². The highest BCUT2D eigenvalue weighted by atomic mass is 19.4. The molecular weight excluding hydrogens is 349 g/mol. The van der Waals surface area contributed by atoms with Gasteiger partial charge in [0.2, 0.25) is 11.8 Å². The Morgan fingerprint density at radius 3 is 2.12 bits per heavy atom. The van der Waals surface area contributed by atoms with Gasteiger partial charge in [0.15, 0.2) is 0 Å². The van der Waals surface area contributed by atoms with Gasteiger partial charge < -0.3 is 14.9 Å². The third-order valence-corrected chi connectivity index (χ3v) is 5.40. The van der Waals surface area contributed by atoms with Gasteiger partial charge in [-0.1, -0.05) is 0 Å². The van der Waals surface area contributed by atoms with E-state index in [9.17, 15) is 23.4 Å². The van der Waals surface area contributed by atoms with Crippen molar-refractivity contribution in [2.45, 2.75) is 44.1 Å². The van der Waals surface area contributed by atoms with Gasteiger partial charge >= 0.3 is 6.18 Å². The Labute approximate surface area is 146 Å². The van der Waals surface area contributed by atoms with Crippen LogP contribution in [-0.2, 0) is 22.1 Å². The van der Waals surface area contributed by atoms with E-state index in [1.165, 1.54) is 12.1 Å². The molecule has 2 bridgehead atoms. The lowest BCUT2D eigenvalue weighted by Gasteiger charge is -2.21. The molecule has 0 saturated carbocycles. The number of alkyl halides is 3. The summed E-state index contributed by atoms with van der Waals surface area (Å²) in [6, 6.07) is 4.55. The zero-order valence-corrected chi connectivity index (χ0v) is 14.0. The summed E-state index contributed by atoms with van der Waals surface area (Å²) in [5.41, 5.74) is -2.51. The average Bonchev–Trinajstić information content (AvgIpc) is 3.10. The molecule has 4 rings (SSSR count). The number of nitriles is 1. The summed E-state index contributed by atoms with van der Waals surface area (Å²) < 4.78 is 46.7. The fourth-order valence-corrected chi connectivity index (χ4v) is 4.23. The molecule has 0 amide bonds. The molecule has 2 aliphatic heterocycles. The Hall–Kier alpha value is -2.66. The second-order valence-electron chi connectivity index (χ2n) is 7.14. The van der Waals surface area contributed by atoms with Crippen molar-refractivity contribution in [1.29, 1.82) is 5.26 Å². The van der Waals surface area contributed by atoms with E-state index in [0.717, 1.165) is 16.7 Å². The molecule has 2 aliphatic rings. The topological polar surface area (TPSA) is 78.4 Å². The van der Waals surface area contributed by atoms with E-state index in [-0.39, 0.29) is 17.4 Å². The maximum Gasteiger partial charge on any atom is 0.417 e. The van der Waals surface area contributed by atoms with Crippen molar-refractivity contribution in [3.05, 3.63) is 40.5 Å². The normalized spacial score (nSPS) is 26.8. The predicted molar refractivity (Wildman–Crippen MR) is 83.8 cm³/mol. The number of halogens is 3. The van der Waals surface area contributed by atoms with E-state index < -0.39 is 28.5 Å². The zero-order chi connectivity index (χ0) is 19.1. The van der Waals surface area contributed by atoms with E-state index in [1.54, 1.807) is 13.8 Å². The quantitative estimate of drug-likeness (QED) is 0.801. The number of hydrogen-bond donors (Lipinski definition) is 2. The van der Waals surface area contributed by atoms with Crippen LogP contribution in [0.1, 0.15) is 48.9 Å². The van der Waals surface area contributed by atoms with E-state index in [4.69, 9.17) is 10.00 Å². The minimum absolute atomic E-state index is 0.0766. The van der Waals surface area contributed by atoms with E-state index in [1.807, 2.05) is 0 Å².